The molecule has 2 heterocycles. The first-order chi connectivity index (χ1) is 9.49. The fourth-order valence-corrected chi connectivity index (χ4v) is 1.79. The molecule has 0 saturated heterocycles. The second-order valence-corrected chi connectivity index (χ2v) is 4.20. The molecule has 2 rings (SSSR count). The van der Waals surface area contributed by atoms with E-state index in [1.165, 1.54) is 13.1 Å². The fraction of sp³-hybridized carbons (Fsp3) is 0.308. The summed E-state index contributed by atoms with van der Waals surface area (Å²) in [5.74, 6) is -1.67. The number of carbonyl (C=O) groups is 2. The highest BCUT2D eigenvalue weighted by molar-refractivity contribution is 6.02. The highest BCUT2D eigenvalue weighted by Gasteiger charge is 2.49. The first kappa shape index (κ1) is 13.9. The predicted octanol–water partition coefficient (Wildman–Crippen LogP) is 1.37. The minimum absolute atomic E-state index is 0.158. The molecule has 7 heteroatoms. The van der Waals surface area contributed by atoms with Gasteiger partial charge in [-0.05, 0) is 26.0 Å². The van der Waals surface area contributed by atoms with E-state index in [2.05, 4.69) is 15.0 Å². The summed E-state index contributed by atoms with van der Waals surface area (Å²) in [7, 11) is 0. The summed E-state index contributed by atoms with van der Waals surface area (Å²) < 4.78 is 10.0. The summed E-state index contributed by atoms with van der Waals surface area (Å²) in [6.45, 7) is 3.26. The van der Waals surface area contributed by atoms with Crippen LogP contribution in [0.25, 0.3) is 0 Å². The van der Waals surface area contributed by atoms with Gasteiger partial charge in [0, 0.05) is 6.20 Å². The first-order valence-electron chi connectivity index (χ1n) is 6.01. The number of hydrogen-bond acceptors (Lipinski definition) is 6. The number of alkyl carbamates (subject to hydrolysis) is 1. The number of nitrogens with one attached hydrogen (secondary N) is 1. The first-order valence-corrected chi connectivity index (χ1v) is 6.01. The molecule has 1 unspecified atom stereocenters. The van der Waals surface area contributed by atoms with Crippen molar-refractivity contribution in [2.75, 3.05) is 6.61 Å². The zero-order chi connectivity index (χ0) is 14.8. The number of amides is 1. The van der Waals surface area contributed by atoms with Gasteiger partial charge < -0.3 is 14.6 Å². The van der Waals surface area contributed by atoms with E-state index in [9.17, 15) is 14.7 Å². The number of nitrogens with zero attached hydrogens (tertiary/aromatic N) is 1. The minimum Gasteiger partial charge on any atom is -0.501 e. The van der Waals surface area contributed by atoms with Crippen LogP contribution in [0.2, 0.25) is 0 Å². The Balaban J connectivity index is 2.24. The van der Waals surface area contributed by atoms with Crippen LogP contribution >= 0.6 is 0 Å². The Labute approximate surface area is 115 Å². The molecule has 1 amide bonds. The maximum Gasteiger partial charge on any atom is 0.414 e. The topological polar surface area (TPSA) is 97.8 Å². The van der Waals surface area contributed by atoms with Crippen LogP contribution in [0.1, 0.15) is 19.5 Å². The molecule has 1 aliphatic heterocycles. The zero-order valence-corrected chi connectivity index (χ0v) is 11.0. The van der Waals surface area contributed by atoms with Gasteiger partial charge in [-0.1, -0.05) is 6.07 Å². The standard InChI is InChI=1S/C13H14N2O5/c1-3-19-12(18)15-11-9(16)10(17)13(2,20-11)8-6-4-5-7-14-8/h4-7,16H,3H2,1-2H3,(H,15,18). The number of pyridine rings is 1. The Morgan fingerprint density at radius 1 is 1.55 bits per heavy atom. The largest absolute Gasteiger partial charge is 0.501 e. The van der Waals surface area contributed by atoms with E-state index in [1.54, 1.807) is 25.1 Å². The van der Waals surface area contributed by atoms with Crippen molar-refractivity contribution < 1.29 is 24.2 Å². The van der Waals surface area contributed by atoms with Gasteiger partial charge in [0.1, 0.15) is 0 Å². The number of aliphatic hydroxyl groups excluding tert-OH is 1. The minimum atomic E-state index is -1.47. The monoisotopic (exact) mass is 278 g/mol. The molecule has 0 saturated carbocycles. The van der Waals surface area contributed by atoms with Gasteiger partial charge in [-0.15, -0.1) is 0 Å². The Kier molecular flexibility index (Phi) is 3.60. The number of carbonyl (C=O) groups excluding carboxylic acids is 2. The third-order valence-corrected chi connectivity index (χ3v) is 2.81. The van der Waals surface area contributed by atoms with Crippen molar-refractivity contribution >= 4 is 11.9 Å². The van der Waals surface area contributed by atoms with Gasteiger partial charge in [0.05, 0.1) is 12.3 Å². The van der Waals surface area contributed by atoms with Crippen molar-refractivity contribution in [3.8, 4) is 0 Å². The molecule has 1 aliphatic rings. The molecule has 1 atom stereocenters. The predicted molar refractivity (Wildman–Crippen MR) is 67.5 cm³/mol. The lowest BCUT2D eigenvalue weighted by molar-refractivity contribution is -0.132. The highest BCUT2D eigenvalue weighted by Crippen LogP contribution is 2.35. The molecule has 7 nitrogen and oxygen atoms in total. The molecule has 106 valence electrons. The van der Waals surface area contributed by atoms with Gasteiger partial charge in [0.2, 0.25) is 17.2 Å². The second kappa shape index (κ2) is 5.20. The van der Waals surface area contributed by atoms with Gasteiger partial charge in [0.15, 0.2) is 0 Å². The van der Waals surface area contributed by atoms with Gasteiger partial charge in [-0.25, -0.2) is 4.79 Å². The average Bonchev–Trinajstić information content (AvgIpc) is 2.66. The van der Waals surface area contributed by atoms with Gasteiger partial charge in [-0.3, -0.25) is 15.1 Å². The highest BCUT2D eigenvalue weighted by atomic mass is 16.6. The molecule has 1 aromatic rings. The summed E-state index contributed by atoms with van der Waals surface area (Å²) in [5, 5.41) is 12.0. The molecule has 0 aromatic carbocycles. The Bertz CT molecular complexity index is 569. The van der Waals surface area contributed by atoms with Crippen LogP contribution in [0, 0.1) is 0 Å². The maximum atomic E-state index is 12.1. The third-order valence-electron chi connectivity index (χ3n) is 2.81. The van der Waals surface area contributed by atoms with Crippen LogP contribution in [0.15, 0.2) is 36.0 Å². The van der Waals surface area contributed by atoms with E-state index >= 15 is 0 Å². The molecule has 0 fully saturated rings. The normalized spacial score (nSPS) is 21.6. The summed E-state index contributed by atoms with van der Waals surface area (Å²) in [6.07, 6.45) is 0.692. The Hall–Kier alpha value is -2.57. The summed E-state index contributed by atoms with van der Waals surface area (Å²) in [4.78, 5) is 27.5. The fourth-order valence-electron chi connectivity index (χ4n) is 1.79. The molecule has 0 aliphatic carbocycles. The smallest absolute Gasteiger partial charge is 0.414 e. The van der Waals surface area contributed by atoms with E-state index in [0.717, 1.165) is 0 Å². The lowest BCUT2D eigenvalue weighted by Crippen LogP contribution is -2.33. The number of aliphatic hydroxyl groups is 1. The van der Waals surface area contributed by atoms with Crippen LogP contribution in [-0.2, 0) is 19.9 Å². The maximum absolute atomic E-state index is 12.1. The molecule has 20 heavy (non-hydrogen) atoms. The number of ketones is 1. The van der Waals surface area contributed by atoms with E-state index in [1.807, 2.05) is 0 Å². The number of aromatic nitrogens is 1. The Morgan fingerprint density at radius 2 is 2.30 bits per heavy atom. The molecule has 0 spiro atoms. The number of hydrogen-bond donors (Lipinski definition) is 2. The molecule has 1 aromatic heterocycles. The van der Waals surface area contributed by atoms with Crippen LogP contribution in [0.3, 0.4) is 0 Å². The van der Waals surface area contributed by atoms with Crippen LogP contribution in [-0.4, -0.2) is 28.6 Å². The lowest BCUT2D eigenvalue weighted by Gasteiger charge is -2.22. The van der Waals surface area contributed by atoms with E-state index in [0.29, 0.717) is 5.69 Å². The quantitative estimate of drug-likeness (QED) is 0.866. The molecule has 0 radical (unpaired) electrons. The van der Waals surface area contributed by atoms with Crippen molar-refractivity contribution in [3.05, 3.63) is 41.7 Å². The van der Waals surface area contributed by atoms with E-state index in [4.69, 9.17) is 4.74 Å². The summed E-state index contributed by atoms with van der Waals surface area (Å²) in [5.41, 5.74) is -1.14. The van der Waals surface area contributed by atoms with Crippen LogP contribution in [0.4, 0.5) is 4.79 Å². The molecular formula is C13H14N2O5. The Morgan fingerprint density at radius 3 is 2.90 bits per heavy atom. The van der Waals surface area contributed by atoms with Crippen molar-refractivity contribution in [3.63, 3.8) is 0 Å². The van der Waals surface area contributed by atoms with Crippen LogP contribution in [0.5, 0.6) is 0 Å². The van der Waals surface area contributed by atoms with E-state index < -0.39 is 23.2 Å². The van der Waals surface area contributed by atoms with Gasteiger partial charge in [-0.2, -0.15) is 0 Å². The average molecular weight is 278 g/mol. The van der Waals surface area contributed by atoms with Crippen molar-refractivity contribution in [2.24, 2.45) is 0 Å². The third kappa shape index (κ3) is 2.29. The van der Waals surface area contributed by atoms with Gasteiger partial charge >= 0.3 is 6.09 Å². The molecule has 0 bridgehead atoms. The second-order valence-electron chi connectivity index (χ2n) is 4.20. The summed E-state index contributed by atoms with van der Waals surface area (Å²) >= 11 is 0. The number of rotatable bonds is 3. The summed E-state index contributed by atoms with van der Waals surface area (Å²) in [6, 6.07) is 4.98. The van der Waals surface area contributed by atoms with Crippen molar-refractivity contribution in [1.29, 1.82) is 0 Å². The van der Waals surface area contributed by atoms with E-state index in [-0.39, 0.29) is 12.5 Å². The number of Topliss-reactive ketones (excluding diaryl/α,β-unsaturated/α-hetero) is 1. The van der Waals surface area contributed by atoms with Crippen molar-refractivity contribution in [1.82, 2.24) is 10.3 Å². The molecular weight excluding hydrogens is 264 g/mol. The van der Waals surface area contributed by atoms with Gasteiger partial charge in [0.25, 0.3) is 5.78 Å². The molecule has 2 N–H and O–H groups in total. The van der Waals surface area contributed by atoms with Crippen molar-refractivity contribution in [2.45, 2.75) is 19.4 Å². The van der Waals surface area contributed by atoms with Crippen LogP contribution < -0.4 is 5.32 Å². The lowest BCUT2D eigenvalue weighted by atomic mass is 9.96. The zero-order valence-electron chi connectivity index (χ0n) is 11.0. The SMILES string of the molecule is CCOC(=O)NC1=C(O)C(=O)C(C)(c2ccccn2)O1. The number of ether oxygens (including phenoxy) is 2.